The second kappa shape index (κ2) is 11.2. The number of methoxy groups -OCH3 is 1. The molecule has 10 atom stereocenters. The third-order valence-electron chi connectivity index (χ3n) is 7.22. The monoisotopic (exact) mass is 582 g/mol. The maximum Gasteiger partial charge on any atom is 0.229 e. The standard InChI is InChI=1S/C26H30O15/c1-8-18(30)21(33)23(35)25(37-8)41-24-22(34)20(32)17(7-27)40-26(24)39-16-6-14-10(4-15(16)36-2)19(31)9-3-11(28)12(29)5-13(9)38-14/h3-6,8,17-18,20-30,32-35H,7H2,1-2H3/t8-,17+,18-,20+,21+,22-,23+,24+,25-,26+/m0/s1. The summed E-state index contributed by atoms with van der Waals surface area (Å²) < 4.78 is 33.9. The van der Waals surface area contributed by atoms with Crippen molar-refractivity contribution in [2.75, 3.05) is 13.7 Å². The molecule has 0 bridgehead atoms. The fourth-order valence-corrected chi connectivity index (χ4v) is 4.84. The van der Waals surface area contributed by atoms with Gasteiger partial charge in [-0.1, -0.05) is 0 Å². The van der Waals surface area contributed by atoms with Crippen LogP contribution in [0.2, 0.25) is 0 Å². The number of ether oxygens (including phenoxy) is 5. The third-order valence-corrected chi connectivity index (χ3v) is 7.22. The highest BCUT2D eigenvalue weighted by atomic mass is 16.8. The first kappa shape index (κ1) is 29.2. The fraction of sp³-hybridized carbons (Fsp3) is 0.500. The zero-order chi connectivity index (χ0) is 29.7. The Labute approximate surface area is 230 Å². The van der Waals surface area contributed by atoms with Gasteiger partial charge in [0.1, 0.15) is 47.8 Å². The van der Waals surface area contributed by atoms with E-state index in [1.807, 2.05) is 0 Å². The Hall–Kier alpha value is -3.25. The van der Waals surface area contributed by atoms with Gasteiger partial charge in [-0.3, -0.25) is 4.79 Å². The Morgan fingerprint density at radius 1 is 0.780 bits per heavy atom. The molecule has 15 nitrogen and oxygen atoms in total. The molecule has 2 fully saturated rings. The fourth-order valence-electron chi connectivity index (χ4n) is 4.84. The van der Waals surface area contributed by atoms with Crippen molar-refractivity contribution in [3.8, 4) is 23.0 Å². The number of hydrogen-bond donors (Lipinski definition) is 8. The summed E-state index contributed by atoms with van der Waals surface area (Å²) in [5, 5.41) is 81.3. The molecule has 0 aliphatic carbocycles. The molecule has 0 unspecified atom stereocenters. The molecule has 2 saturated heterocycles. The van der Waals surface area contributed by atoms with Gasteiger partial charge >= 0.3 is 0 Å². The van der Waals surface area contributed by atoms with Crippen LogP contribution in [0, 0.1) is 0 Å². The predicted octanol–water partition coefficient (Wildman–Crippen LogP) is -1.60. The van der Waals surface area contributed by atoms with E-state index in [1.54, 1.807) is 0 Å². The van der Waals surface area contributed by atoms with Crippen LogP contribution in [0.25, 0.3) is 21.9 Å². The molecule has 224 valence electrons. The lowest BCUT2D eigenvalue weighted by Crippen LogP contribution is -2.64. The lowest BCUT2D eigenvalue weighted by Gasteiger charge is -2.45. The normalized spacial score (nSPS) is 34.1. The smallest absolute Gasteiger partial charge is 0.229 e. The summed E-state index contributed by atoms with van der Waals surface area (Å²) in [6, 6.07) is 4.68. The highest BCUT2D eigenvalue weighted by Gasteiger charge is 2.51. The van der Waals surface area contributed by atoms with E-state index in [-0.39, 0.29) is 33.4 Å². The molecule has 2 aliphatic heterocycles. The first-order valence-electron chi connectivity index (χ1n) is 12.6. The number of hydrogen-bond acceptors (Lipinski definition) is 15. The first-order valence-corrected chi connectivity index (χ1v) is 12.6. The van der Waals surface area contributed by atoms with Gasteiger partial charge in [-0.2, -0.15) is 0 Å². The van der Waals surface area contributed by atoms with Gasteiger partial charge in [0.25, 0.3) is 0 Å². The second-order valence-corrected chi connectivity index (χ2v) is 9.87. The van der Waals surface area contributed by atoms with E-state index >= 15 is 0 Å². The van der Waals surface area contributed by atoms with Gasteiger partial charge in [-0.05, 0) is 19.1 Å². The Morgan fingerprint density at radius 2 is 1.44 bits per heavy atom. The first-order chi connectivity index (χ1) is 19.4. The molecular weight excluding hydrogens is 552 g/mol. The van der Waals surface area contributed by atoms with Crippen molar-refractivity contribution in [3.63, 3.8) is 0 Å². The molecule has 5 rings (SSSR count). The summed E-state index contributed by atoms with van der Waals surface area (Å²) in [6.45, 7) is 0.703. The van der Waals surface area contributed by atoms with Gasteiger partial charge in [0.05, 0.1) is 30.6 Å². The van der Waals surface area contributed by atoms with E-state index in [4.69, 9.17) is 28.1 Å². The summed E-state index contributed by atoms with van der Waals surface area (Å²) in [6.07, 6.45) is -15.3. The maximum absolute atomic E-state index is 13.1. The van der Waals surface area contributed by atoms with E-state index in [0.717, 1.165) is 12.1 Å². The minimum Gasteiger partial charge on any atom is -0.504 e. The molecule has 2 aromatic carbocycles. The van der Waals surface area contributed by atoms with Crippen molar-refractivity contribution in [2.45, 2.75) is 68.3 Å². The van der Waals surface area contributed by atoms with Gasteiger partial charge in [0.2, 0.25) is 11.7 Å². The average molecular weight is 583 g/mol. The SMILES string of the molecule is COc1cc2c(=O)c3cc(O)c(O)cc3oc2cc1O[C@@H]1O[C@H](CO)[C@@H](O)[C@H](O)[C@H]1O[C@@H]1O[C@@H](C)[C@H](O)[C@@H](O)[C@H]1O. The van der Waals surface area contributed by atoms with Crippen molar-refractivity contribution in [3.05, 3.63) is 34.5 Å². The molecule has 8 N–H and O–H groups in total. The second-order valence-electron chi connectivity index (χ2n) is 9.87. The molecule has 3 aromatic rings. The Balaban J connectivity index is 1.53. The minimum absolute atomic E-state index is 0.00298. The minimum atomic E-state index is -1.76. The lowest BCUT2D eigenvalue weighted by atomic mass is 9.97. The van der Waals surface area contributed by atoms with Crippen LogP contribution in [0.5, 0.6) is 23.0 Å². The summed E-state index contributed by atoms with van der Waals surface area (Å²) in [4.78, 5) is 13.1. The largest absolute Gasteiger partial charge is 0.504 e. The molecule has 3 heterocycles. The van der Waals surface area contributed by atoms with E-state index in [2.05, 4.69) is 0 Å². The Morgan fingerprint density at radius 3 is 2.12 bits per heavy atom. The van der Waals surface area contributed by atoms with Crippen LogP contribution in [0.1, 0.15) is 6.92 Å². The molecule has 0 radical (unpaired) electrons. The van der Waals surface area contributed by atoms with E-state index in [1.165, 1.54) is 26.2 Å². The van der Waals surface area contributed by atoms with Crippen molar-refractivity contribution in [1.29, 1.82) is 0 Å². The van der Waals surface area contributed by atoms with Crippen LogP contribution in [-0.2, 0) is 14.2 Å². The molecule has 2 aliphatic rings. The van der Waals surface area contributed by atoms with Gasteiger partial charge in [-0.15, -0.1) is 0 Å². The number of phenolic OH excluding ortho intramolecular Hbond substituents is 2. The number of aromatic hydroxyl groups is 2. The zero-order valence-electron chi connectivity index (χ0n) is 21.7. The number of benzene rings is 2. The van der Waals surface area contributed by atoms with Crippen LogP contribution >= 0.6 is 0 Å². The van der Waals surface area contributed by atoms with Crippen LogP contribution in [0.4, 0.5) is 0 Å². The van der Waals surface area contributed by atoms with E-state index in [9.17, 15) is 45.6 Å². The van der Waals surface area contributed by atoms with E-state index in [0.29, 0.717) is 0 Å². The van der Waals surface area contributed by atoms with Crippen LogP contribution in [0.3, 0.4) is 0 Å². The topological polar surface area (TPSA) is 238 Å². The number of aliphatic hydroxyl groups is 6. The molecule has 15 heteroatoms. The predicted molar refractivity (Wildman–Crippen MR) is 135 cm³/mol. The lowest BCUT2D eigenvalue weighted by molar-refractivity contribution is -0.354. The van der Waals surface area contributed by atoms with Crippen LogP contribution in [0.15, 0.2) is 33.5 Å². The molecule has 41 heavy (non-hydrogen) atoms. The van der Waals surface area contributed by atoms with Gasteiger partial charge in [0, 0.05) is 12.1 Å². The summed E-state index contributed by atoms with van der Waals surface area (Å²) in [7, 11) is 1.28. The molecule has 0 spiro atoms. The molecule has 0 amide bonds. The van der Waals surface area contributed by atoms with Crippen LogP contribution < -0.4 is 14.9 Å². The average Bonchev–Trinajstić information content (AvgIpc) is 2.95. The van der Waals surface area contributed by atoms with Crippen molar-refractivity contribution in [2.24, 2.45) is 0 Å². The number of fused-ring (bicyclic) bond motifs is 2. The quantitative estimate of drug-likeness (QED) is 0.121. The molecule has 1 aromatic heterocycles. The van der Waals surface area contributed by atoms with Gasteiger partial charge in [-0.25, -0.2) is 0 Å². The number of rotatable bonds is 6. The van der Waals surface area contributed by atoms with Crippen LogP contribution in [-0.4, -0.2) is 116 Å². The van der Waals surface area contributed by atoms with Gasteiger partial charge in [0.15, 0.2) is 35.4 Å². The summed E-state index contributed by atoms with van der Waals surface area (Å²) in [5.74, 6) is -1.13. The highest BCUT2D eigenvalue weighted by Crippen LogP contribution is 2.38. The van der Waals surface area contributed by atoms with Crippen molar-refractivity contribution < 1.29 is 69.0 Å². The zero-order valence-corrected chi connectivity index (χ0v) is 21.7. The van der Waals surface area contributed by atoms with Gasteiger partial charge < -0.3 is 69.0 Å². The van der Waals surface area contributed by atoms with Crippen molar-refractivity contribution in [1.82, 2.24) is 0 Å². The highest BCUT2D eigenvalue weighted by molar-refractivity contribution is 5.92. The van der Waals surface area contributed by atoms with E-state index < -0.39 is 84.9 Å². The number of aliphatic hydroxyl groups excluding tert-OH is 6. The molecular formula is C26H30O15. The molecule has 0 saturated carbocycles. The van der Waals surface area contributed by atoms with Crippen molar-refractivity contribution >= 4 is 21.9 Å². The number of phenols is 2. The maximum atomic E-state index is 13.1. The third kappa shape index (κ3) is 5.16. The summed E-state index contributed by atoms with van der Waals surface area (Å²) >= 11 is 0. The summed E-state index contributed by atoms with van der Waals surface area (Å²) in [5.41, 5.74) is -0.608. The Bertz CT molecular complexity index is 1470. The Kier molecular flexibility index (Phi) is 7.99.